The van der Waals surface area contributed by atoms with Crippen LogP contribution in [0.15, 0.2) is 6.07 Å². The molecule has 1 aromatic carbocycles. The number of carbonyl (C=O) groups is 1. The second kappa shape index (κ2) is 7.02. The van der Waals surface area contributed by atoms with Gasteiger partial charge < -0.3 is 15.2 Å². The van der Waals surface area contributed by atoms with Crippen LogP contribution >= 0.6 is 0 Å². The van der Waals surface area contributed by atoms with E-state index in [0.717, 1.165) is 35.5 Å². The number of rotatable bonds is 7. The predicted molar refractivity (Wildman–Crippen MR) is 77.2 cm³/mol. The zero-order valence-corrected chi connectivity index (χ0v) is 12.2. The van der Waals surface area contributed by atoms with Crippen LogP contribution in [0.3, 0.4) is 0 Å². The van der Waals surface area contributed by atoms with Gasteiger partial charge in [-0.2, -0.15) is 0 Å². The van der Waals surface area contributed by atoms with E-state index in [9.17, 15) is 4.79 Å². The highest BCUT2D eigenvalue weighted by Gasteiger charge is 2.10. The number of ether oxygens (including phenoxy) is 1. The molecule has 0 amide bonds. The highest BCUT2D eigenvalue weighted by molar-refractivity contribution is 5.66. The summed E-state index contributed by atoms with van der Waals surface area (Å²) in [6.07, 6.45) is 1.80. The van der Waals surface area contributed by atoms with Gasteiger partial charge in [-0.1, -0.05) is 0 Å². The van der Waals surface area contributed by atoms with Gasteiger partial charge in [0, 0.05) is 18.7 Å². The number of hydrogen-bond donors (Lipinski definition) is 2. The van der Waals surface area contributed by atoms with Crippen LogP contribution in [0.25, 0.3) is 0 Å². The maximum Gasteiger partial charge on any atom is 0.303 e. The molecule has 0 atom stereocenters. The maximum absolute atomic E-state index is 10.4. The number of unbranched alkanes of at least 4 members (excludes halogenated alkanes) is 1. The van der Waals surface area contributed by atoms with E-state index in [2.05, 4.69) is 25.2 Å². The summed E-state index contributed by atoms with van der Waals surface area (Å²) in [7, 11) is 1.69. The van der Waals surface area contributed by atoms with E-state index in [-0.39, 0.29) is 6.42 Å². The van der Waals surface area contributed by atoms with Gasteiger partial charge in [-0.3, -0.25) is 4.79 Å². The number of carboxylic acids is 1. The Kier molecular flexibility index (Phi) is 5.67. The molecular weight excluding hydrogens is 242 g/mol. The van der Waals surface area contributed by atoms with E-state index >= 15 is 0 Å². The van der Waals surface area contributed by atoms with Crippen LogP contribution < -0.4 is 10.1 Å². The molecule has 2 N–H and O–H groups in total. The SMILES string of the molecule is COc1c(C)cc(NCCCCC(=O)O)c(C)c1C. The summed E-state index contributed by atoms with van der Waals surface area (Å²) in [5.41, 5.74) is 4.54. The molecule has 0 bridgehead atoms. The second-order valence-corrected chi connectivity index (χ2v) is 4.80. The average Bonchev–Trinajstić information content (AvgIpc) is 2.35. The molecule has 0 aliphatic rings. The van der Waals surface area contributed by atoms with Gasteiger partial charge in [-0.25, -0.2) is 0 Å². The standard InChI is InChI=1S/C15H23NO3/c1-10-9-13(11(2)12(3)15(10)19-4)16-8-6-5-7-14(17)18/h9,16H,5-8H2,1-4H3,(H,17,18). The van der Waals surface area contributed by atoms with Gasteiger partial charge in [0.2, 0.25) is 0 Å². The van der Waals surface area contributed by atoms with Crippen LogP contribution in [-0.4, -0.2) is 24.7 Å². The summed E-state index contributed by atoms with van der Waals surface area (Å²) in [5, 5.41) is 11.9. The van der Waals surface area contributed by atoms with Gasteiger partial charge in [0.25, 0.3) is 0 Å². The molecule has 106 valence electrons. The van der Waals surface area contributed by atoms with Crippen molar-refractivity contribution < 1.29 is 14.6 Å². The first kappa shape index (κ1) is 15.3. The van der Waals surface area contributed by atoms with Crippen LogP contribution in [0.4, 0.5) is 5.69 Å². The Bertz CT molecular complexity index is 455. The quantitative estimate of drug-likeness (QED) is 0.743. The number of anilines is 1. The van der Waals surface area contributed by atoms with Crippen LogP contribution in [0.1, 0.15) is 36.0 Å². The van der Waals surface area contributed by atoms with Crippen molar-refractivity contribution in [3.05, 3.63) is 22.8 Å². The fraction of sp³-hybridized carbons (Fsp3) is 0.533. The Morgan fingerprint density at radius 1 is 1.26 bits per heavy atom. The van der Waals surface area contributed by atoms with Crippen LogP contribution in [0, 0.1) is 20.8 Å². The predicted octanol–water partition coefficient (Wildman–Crippen LogP) is 3.29. The molecule has 0 saturated heterocycles. The summed E-state index contributed by atoms with van der Waals surface area (Å²) >= 11 is 0. The van der Waals surface area contributed by atoms with Crippen molar-refractivity contribution in [2.75, 3.05) is 19.0 Å². The lowest BCUT2D eigenvalue weighted by molar-refractivity contribution is -0.137. The number of benzene rings is 1. The Hall–Kier alpha value is -1.71. The summed E-state index contributed by atoms with van der Waals surface area (Å²) in [4.78, 5) is 10.4. The molecule has 0 aromatic heterocycles. The molecule has 1 aromatic rings. The first-order chi connectivity index (χ1) is 8.97. The molecular formula is C15H23NO3. The molecule has 19 heavy (non-hydrogen) atoms. The molecule has 1 rings (SSSR count). The van der Waals surface area contributed by atoms with Gasteiger partial charge in [0.1, 0.15) is 5.75 Å². The third-order valence-electron chi connectivity index (χ3n) is 3.36. The number of carboxylic acid groups (broad SMARTS) is 1. The summed E-state index contributed by atoms with van der Waals surface area (Å²) in [6, 6.07) is 2.08. The fourth-order valence-electron chi connectivity index (χ4n) is 2.18. The summed E-state index contributed by atoms with van der Waals surface area (Å²) < 4.78 is 5.39. The Morgan fingerprint density at radius 2 is 1.95 bits per heavy atom. The molecule has 0 spiro atoms. The minimum atomic E-state index is -0.729. The number of aliphatic carboxylic acids is 1. The van der Waals surface area contributed by atoms with E-state index in [0.29, 0.717) is 6.42 Å². The highest BCUT2D eigenvalue weighted by Crippen LogP contribution is 2.31. The zero-order chi connectivity index (χ0) is 14.4. The first-order valence-electron chi connectivity index (χ1n) is 6.57. The lowest BCUT2D eigenvalue weighted by Crippen LogP contribution is -2.06. The summed E-state index contributed by atoms with van der Waals surface area (Å²) in [5.74, 6) is 0.209. The molecule has 0 fully saturated rings. The van der Waals surface area contributed by atoms with Crippen molar-refractivity contribution >= 4 is 11.7 Å². The zero-order valence-electron chi connectivity index (χ0n) is 12.2. The number of aryl methyl sites for hydroxylation is 1. The molecule has 0 heterocycles. The summed E-state index contributed by atoms with van der Waals surface area (Å²) in [6.45, 7) is 6.94. The van der Waals surface area contributed by atoms with Crippen molar-refractivity contribution in [1.29, 1.82) is 0 Å². The van der Waals surface area contributed by atoms with E-state index in [1.807, 2.05) is 6.92 Å². The van der Waals surface area contributed by atoms with Gasteiger partial charge >= 0.3 is 5.97 Å². The van der Waals surface area contributed by atoms with Crippen LogP contribution in [-0.2, 0) is 4.79 Å². The number of hydrogen-bond acceptors (Lipinski definition) is 3. The van der Waals surface area contributed by atoms with Gasteiger partial charge in [0.15, 0.2) is 0 Å². The third kappa shape index (κ3) is 4.16. The maximum atomic E-state index is 10.4. The molecule has 4 heteroatoms. The molecule has 0 aliphatic carbocycles. The molecule has 0 unspecified atom stereocenters. The third-order valence-corrected chi connectivity index (χ3v) is 3.36. The van der Waals surface area contributed by atoms with E-state index < -0.39 is 5.97 Å². The van der Waals surface area contributed by atoms with Crippen molar-refractivity contribution in [2.24, 2.45) is 0 Å². The van der Waals surface area contributed by atoms with Crippen molar-refractivity contribution in [1.82, 2.24) is 0 Å². The lowest BCUT2D eigenvalue weighted by Gasteiger charge is -2.16. The monoisotopic (exact) mass is 265 g/mol. The highest BCUT2D eigenvalue weighted by atomic mass is 16.5. The van der Waals surface area contributed by atoms with Crippen LogP contribution in [0.5, 0.6) is 5.75 Å². The van der Waals surface area contributed by atoms with Gasteiger partial charge in [-0.15, -0.1) is 0 Å². The Morgan fingerprint density at radius 3 is 2.53 bits per heavy atom. The minimum absolute atomic E-state index is 0.237. The average molecular weight is 265 g/mol. The van der Waals surface area contributed by atoms with Gasteiger partial charge in [-0.05, 0) is 56.4 Å². The molecule has 0 saturated carbocycles. The molecule has 0 radical (unpaired) electrons. The van der Waals surface area contributed by atoms with E-state index in [1.54, 1.807) is 7.11 Å². The largest absolute Gasteiger partial charge is 0.496 e. The van der Waals surface area contributed by atoms with Gasteiger partial charge in [0.05, 0.1) is 7.11 Å². The van der Waals surface area contributed by atoms with Crippen LogP contribution in [0.2, 0.25) is 0 Å². The van der Waals surface area contributed by atoms with Crippen molar-refractivity contribution in [2.45, 2.75) is 40.0 Å². The molecule has 0 aliphatic heterocycles. The van der Waals surface area contributed by atoms with Crippen molar-refractivity contribution in [3.63, 3.8) is 0 Å². The normalized spacial score (nSPS) is 10.3. The number of methoxy groups -OCH3 is 1. The lowest BCUT2D eigenvalue weighted by atomic mass is 10.0. The smallest absolute Gasteiger partial charge is 0.303 e. The Labute approximate surface area is 114 Å². The number of nitrogens with one attached hydrogen (secondary N) is 1. The fourth-order valence-corrected chi connectivity index (χ4v) is 2.18. The second-order valence-electron chi connectivity index (χ2n) is 4.80. The Balaban J connectivity index is 2.62. The van der Waals surface area contributed by atoms with Crippen molar-refractivity contribution in [3.8, 4) is 5.75 Å². The van der Waals surface area contributed by atoms with E-state index in [1.165, 1.54) is 5.56 Å². The first-order valence-corrected chi connectivity index (χ1v) is 6.57. The molecule has 4 nitrogen and oxygen atoms in total. The topological polar surface area (TPSA) is 58.6 Å². The van der Waals surface area contributed by atoms with E-state index in [4.69, 9.17) is 9.84 Å². The minimum Gasteiger partial charge on any atom is -0.496 e.